The molecule has 6 heteroatoms. The maximum Gasteiger partial charge on any atom is 0.254 e. The molecule has 0 atom stereocenters. The van der Waals surface area contributed by atoms with E-state index in [2.05, 4.69) is 0 Å². The van der Waals surface area contributed by atoms with Crippen LogP contribution in [0.25, 0.3) is 10.8 Å². The Morgan fingerprint density at radius 2 is 1.61 bits per heavy atom. The van der Waals surface area contributed by atoms with E-state index in [0.717, 1.165) is 21.2 Å². The highest BCUT2D eigenvalue weighted by molar-refractivity contribution is 7.09. The number of nitrogens with zero attached hydrogens (tertiary/aromatic N) is 2. The second-order valence-electron chi connectivity index (χ2n) is 8.62. The lowest BCUT2D eigenvalue weighted by Gasteiger charge is -2.28. The highest BCUT2D eigenvalue weighted by Crippen LogP contribution is 2.21. The lowest BCUT2D eigenvalue weighted by Crippen LogP contribution is -2.43. The molecular formula is C30H32N2O3S. The summed E-state index contributed by atoms with van der Waals surface area (Å²) in [5.74, 6) is -0.204. The van der Waals surface area contributed by atoms with E-state index in [-0.39, 0.29) is 18.4 Å². The minimum atomic E-state index is -0.132. The number of hydrogen-bond acceptors (Lipinski definition) is 4. The third-order valence-electron chi connectivity index (χ3n) is 6.05. The van der Waals surface area contributed by atoms with Crippen LogP contribution in [0.3, 0.4) is 0 Å². The molecule has 2 amide bonds. The van der Waals surface area contributed by atoms with E-state index < -0.39 is 0 Å². The predicted molar refractivity (Wildman–Crippen MR) is 146 cm³/mol. The van der Waals surface area contributed by atoms with Crippen molar-refractivity contribution in [3.05, 3.63) is 106 Å². The quantitative estimate of drug-likeness (QED) is 0.224. The molecule has 0 saturated carbocycles. The second-order valence-corrected chi connectivity index (χ2v) is 9.65. The third-order valence-corrected chi connectivity index (χ3v) is 6.91. The first-order valence-electron chi connectivity index (χ1n) is 12.3. The third kappa shape index (κ3) is 6.80. The van der Waals surface area contributed by atoms with E-state index >= 15 is 0 Å². The Hall–Kier alpha value is -3.48. The molecule has 36 heavy (non-hydrogen) atoms. The molecular weight excluding hydrogens is 468 g/mol. The molecule has 1 aromatic heterocycles. The fourth-order valence-corrected chi connectivity index (χ4v) is 4.95. The minimum Gasteiger partial charge on any atom is -0.382 e. The van der Waals surface area contributed by atoms with Gasteiger partial charge in [0, 0.05) is 36.7 Å². The van der Waals surface area contributed by atoms with Gasteiger partial charge in [-0.1, -0.05) is 72.8 Å². The molecule has 0 aliphatic heterocycles. The number of carbonyl (C=O) groups excluding carboxylic acids is 2. The molecule has 3 aromatic carbocycles. The standard InChI is InChI=1S/C30H32N2O3S/c1-2-35-19-10-18-31(30(34)28-17-8-14-25-13-6-7-16-27(25)28)23-29(33)32(22-26-15-9-20-36-26)21-24-11-4-3-5-12-24/h3-9,11-17,20H,2,10,18-19,21-23H2,1H3. The number of amides is 2. The summed E-state index contributed by atoms with van der Waals surface area (Å²) < 4.78 is 5.51. The van der Waals surface area contributed by atoms with Gasteiger partial charge in [-0.25, -0.2) is 0 Å². The number of fused-ring (bicyclic) bond motifs is 1. The molecule has 0 unspecified atom stereocenters. The van der Waals surface area contributed by atoms with Crippen molar-refractivity contribution in [1.82, 2.24) is 9.80 Å². The predicted octanol–water partition coefficient (Wildman–Crippen LogP) is 6.00. The lowest BCUT2D eigenvalue weighted by molar-refractivity contribution is -0.133. The van der Waals surface area contributed by atoms with Crippen molar-refractivity contribution in [3.8, 4) is 0 Å². The number of ether oxygens (including phenoxy) is 1. The number of rotatable bonds is 12. The Labute approximate surface area is 216 Å². The molecule has 0 saturated heterocycles. The van der Waals surface area contributed by atoms with Crippen molar-refractivity contribution in [1.29, 1.82) is 0 Å². The normalized spacial score (nSPS) is 10.9. The summed E-state index contributed by atoms with van der Waals surface area (Å²) in [6.45, 7) is 4.61. The maximum absolute atomic E-state index is 13.8. The van der Waals surface area contributed by atoms with E-state index in [9.17, 15) is 9.59 Å². The van der Waals surface area contributed by atoms with Crippen LogP contribution in [0.5, 0.6) is 0 Å². The first-order valence-corrected chi connectivity index (χ1v) is 13.2. The van der Waals surface area contributed by atoms with E-state index in [1.165, 1.54) is 0 Å². The smallest absolute Gasteiger partial charge is 0.254 e. The van der Waals surface area contributed by atoms with Gasteiger partial charge in [-0.05, 0) is 47.2 Å². The summed E-state index contributed by atoms with van der Waals surface area (Å²) in [4.78, 5) is 32.1. The monoisotopic (exact) mass is 500 g/mol. The Morgan fingerprint density at radius 3 is 2.39 bits per heavy atom. The molecule has 0 aliphatic carbocycles. The molecule has 1 heterocycles. The van der Waals surface area contributed by atoms with Gasteiger partial charge < -0.3 is 14.5 Å². The number of carbonyl (C=O) groups is 2. The van der Waals surface area contributed by atoms with E-state index in [0.29, 0.717) is 44.8 Å². The van der Waals surface area contributed by atoms with Gasteiger partial charge in [0.1, 0.15) is 6.54 Å². The van der Waals surface area contributed by atoms with Crippen LogP contribution in [0.1, 0.15) is 34.1 Å². The van der Waals surface area contributed by atoms with Crippen molar-refractivity contribution in [2.75, 3.05) is 26.3 Å². The SMILES string of the molecule is CCOCCCN(CC(=O)N(Cc1ccccc1)Cc1cccs1)C(=O)c1cccc2ccccc12. The molecule has 186 valence electrons. The Morgan fingerprint density at radius 1 is 0.833 bits per heavy atom. The average Bonchev–Trinajstić information content (AvgIpc) is 3.43. The van der Waals surface area contributed by atoms with E-state index in [4.69, 9.17) is 4.74 Å². The second kappa shape index (κ2) is 13.0. The van der Waals surface area contributed by atoms with Crippen molar-refractivity contribution in [2.24, 2.45) is 0 Å². The van der Waals surface area contributed by atoms with Crippen molar-refractivity contribution in [3.63, 3.8) is 0 Å². The van der Waals surface area contributed by atoms with Crippen LogP contribution in [0, 0.1) is 0 Å². The zero-order valence-electron chi connectivity index (χ0n) is 20.6. The largest absolute Gasteiger partial charge is 0.382 e. The molecule has 0 aliphatic rings. The van der Waals surface area contributed by atoms with E-state index in [1.54, 1.807) is 16.2 Å². The van der Waals surface area contributed by atoms with Crippen molar-refractivity contribution >= 4 is 33.9 Å². The number of thiophene rings is 1. The summed E-state index contributed by atoms with van der Waals surface area (Å²) in [5, 5.41) is 3.92. The van der Waals surface area contributed by atoms with Gasteiger partial charge in [-0.3, -0.25) is 9.59 Å². The summed E-state index contributed by atoms with van der Waals surface area (Å²) in [6, 6.07) is 27.6. The highest BCUT2D eigenvalue weighted by atomic mass is 32.1. The van der Waals surface area contributed by atoms with Gasteiger partial charge in [0.05, 0.1) is 6.54 Å². The van der Waals surface area contributed by atoms with Gasteiger partial charge in [0.25, 0.3) is 5.91 Å². The zero-order valence-corrected chi connectivity index (χ0v) is 21.5. The summed E-state index contributed by atoms with van der Waals surface area (Å²) in [7, 11) is 0. The molecule has 0 bridgehead atoms. The topological polar surface area (TPSA) is 49.9 Å². The van der Waals surface area contributed by atoms with Crippen LogP contribution in [0.4, 0.5) is 0 Å². The van der Waals surface area contributed by atoms with Crippen molar-refractivity contribution < 1.29 is 14.3 Å². The first-order chi connectivity index (χ1) is 17.7. The molecule has 5 nitrogen and oxygen atoms in total. The first kappa shape index (κ1) is 25.6. The van der Waals surface area contributed by atoms with Crippen LogP contribution >= 0.6 is 11.3 Å². The van der Waals surface area contributed by atoms with Gasteiger partial charge >= 0.3 is 0 Å². The van der Waals surface area contributed by atoms with E-state index in [1.807, 2.05) is 102 Å². The van der Waals surface area contributed by atoms with Crippen LogP contribution in [0.15, 0.2) is 90.3 Å². The maximum atomic E-state index is 13.8. The molecule has 4 rings (SSSR count). The average molecular weight is 501 g/mol. The molecule has 0 fully saturated rings. The van der Waals surface area contributed by atoms with Gasteiger partial charge in [-0.15, -0.1) is 11.3 Å². The van der Waals surface area contributed by atoms with Gasteiger partial charge in [-0.2, -0.15) is 0 Å². The number of hydrogen-bond donors (Lipinski definition) is 0. The van der Waals surface area contributed by atoms with Crippen LogP contribution in [-0.2, 0) is 22.6 Å². The summed E-state index contributed by atoms with van der Waals surface area (Å²) in [5.41, 5.74) is 1.68. The Bertz CT molecular complexity index is 1250. The highest BCUT2D eigenvalue weighted by Gasteiger charge is 2.24. The fraction of sp³-hybridized carbons (Fsp3) is 0.267. The molecule has 0 radical (unpaired) electrons. The lowest BCUT2D eigenvalue weighted by atomic mass is 10.0. The van der Waals surface area contributed by atoms with Crippen LogP contribution in [-0.4, -0.2) is 47.9 Å². The van der Waals surface area contributed by atoms with Crippen molar-refractivity contribution in [2.45, 2.75) is 26.4 Å². The zero-order chi connectivity index (χ0) is 25.2. The minimum absolute atomic E-state index is 0.0202. The summed E-state index contributed by atoms with van der Waals surface area (Å²) >= 11 is 1.63. The van der Waals surface area contributed by atoms with Gasteiger partial charge in [0.15, 0.2) is 0 Å². The summed E-state index contributed by atoms with van der Waals surface area (Å²) in [6.07, 6.45) is 0.668. The van der Waals surface area contributed by atoms with Gasteiger partial charge in [0.2, 0.25) is 5.91 Å². The molecule has 4 aromatic rings. The van der Waals surface area contributed by atoms with Crippen LogP contribution < -0.4 is 0 Å². The fourth-order valence-electron chi connectivity index (χ4n) is 4.23. The molecule has 0 N–H and O–H groups in total. The Kier molecular flexibility index (Phi) is 9.25. The Balaban J connectivity index is 1.57. The molecule has 0 spiro atoms. The van der Waals surface area contributed by atoms with Crippen LogP contribution in [0.2, 0.25) is 0 Å². The number of benzene rings is 3.